The highest BCUT2D eigenvalue weighted by Gasteiger charge is 2.05. The van der Waals surface area contributed by atoms with Crippen molar-refractivity contribution >= 4 is 11.6 Å². The van der Waals surface area contributed by atoms with Gasteiger partial charge in [0.1, 0.15) is 18.5 Å². The number of rotatable bonds is 8. The largest absolute Gasteiger partial charge is 0.491 e. The third-order valence-electron chi connectivity index (χ3n) is 2.70. The number of nitrogens with one attached hydrogen (secondary N) is 1. The number of halogens is 1. The Bertz CT molecular complexity index is 505. The molecule has 0 amide bonds. The summed E-state index contributed by atoms with van der Waals surface area (Å²) in [6.45, 7) is 2.22. The van der Waals surface area contributed by atoms with E-state index in [9.17, 15) is 5.11 Å². The van der Waals surface area contributed by atoms with E-state index in [2.05, 4.69) is 10.4 Å². The standard InChI is InChI=1S/C14H18ClN3O2/c15-12-3-1-4-14(9-12)20-11-13(19)10-16-6-8-18-7-2-5-17-18/h1-5,7,9,13,16,19H,6,8,10-11H2. The summed E-state index contributed by atoms with van der Waals surface area (Å²) in [5.41, 5.74) is 0. The molecule has 1 heterocycles. The Kier molecular flexibility index (Phi) is 5.86. The minimum absolute atomic E-state index is 0.231. The van der Waals surface area contributed by atoms with Gasteiger partial charge in [0.2, 0.25) is 0 Å². The van der Waals surface area contributed by atoms with E-state index in [1.54, 1.807) is 18.3 Å². The highest BCUT2D eigenvalue weighted by atomic mass is 35.5. The van der Waals surface area contributed by atoms with Crippen molar-refractivity contribution in [2.45, 2.75) is 12.6 Å². The summed E-state index contributed by atoms with van der Waals surface area (Å²) in [7, 11) is 0. The zero-order valence-corrected chi connectivity index (χ0v) is 11.8. The van der Waals surface area contributed by atoms with Crippen LogP contribution in [-0.4, -0.2) is 40.7 Å². The van der Waals surface area contributed by atoms with E-state index in [1.165, 1.54) is 0 Å². The lowest BCUT2D eigenvalue weighted by atomic mass is 10.3. The Morgan fingerprint density at radius 3 is 3.05 bits per heavy atom. The predicted molar refractivity (Wildman–Crippen MR) is 78.1 cm³/mol. The summed E-state index contributed by atoms with van der Waals surface area (Å²) < 4.78 is 7.29. The lowest BCUT2D eigenvalue weighted by Crippen LogP contribution is -2.33. The zero-order valence-electron chi connectivity index (χ0n) is 11.1. The topological polar surface area (TPSA) is 59.3 Å². The number of aromatic nitrogens is 2. The molecule has 0 aliphatic carbocycles. The molecule has 2 aromatic rings. The van der Waals surface area contributed by atoms with Crippen LogP contribution in [0.4, 0.5) is 0 Å². The average molecular weight is 296 g/mol. The number of hydrogen-bond donors (Lipinski definition) is 2. The molecular formula is C14H18ClN3O2. The Hall–Kier alpha value is -1.56. The van der Waals surface area contributed by atoms with Crippen molar-refractivity contribution in [2.24, 2.45) is 0 Å². The zero-order chi connectivity index (χ0) is 14.2. The molecule has 0 saturated carbocycles. The van der Waals surface area contributed by atoms with Gasteiger partial charge in [-0.3, -0.25) is 4.68 Å². The fourth-order valence-corrected chi connectivity index (χ4v) is 1.88. The molecule has 6 heteroatoms. The predicted octanol–water partition coefficient (Wildman–Crippen LogP) is 1.57. The maximum Gasteiger partial charge on any atom is 0.120 e. The highest BCUT2D eigenvalue weighted by Crippen LogP contribution is 2.17. The summed E-state index contributed by atoms with van der Waals surface area (Å²) in [5.74, 6) is 0.660. The summed E-state index contributed by atoms with van der Waals surface area (Å²) in [4.78, 5) is 0. The van der Waals surface area contributed by atoms with Gasteiger partial charge in [-0.25, -0.2) is 0 Å². The summed E-state index contributed by atoms with van der Waals surface area (Å²) in [6, 6.07) is 9.00. The molecule has 2 rings (SSSR count). The van der Waals surface area contributed by atoms with E-state index in [-0.39, 0.29) is 6.61 Å². The molecule has 108 valence electrons. The third-order valence-corrected chi connectivity index (χ3v) is 2.93. The second kappa shape index (κ2) is 7.89. The lowest BCUT2D eigenvalue weighted by molar-refractivity contribution is 0.106. The molecular weight excluding hydrogens is 278 g/mol. The molecule has 0 fully saturated rings. The van der Waals surface area contributed by atoms with Crippen LogP contribution >= 0.6 is 11.6 Å². The number of nitrogens with zero attached hydrogens (tertiary/aromatic N) is 2. The number of hydrogen-bond acceptors (Lipinski definition) is 4. The van der Waals surface area contributed by atoms with Crippen molar-refractivity contribution in [3.05, 3.63) is 47.7 Å². The lowest BCUT2D eigenvalue weighted by Gasteiger charge is -2.13. The first-order valence-corrected chi connectivity index (χ1v) is 6.86. The molecule has 0 bridgehead atoms. The van der Waals surface area contributed by atoms with E-state index in [0.717, 1.165) is 13.1 Å². The quantitative estimate of drug-likeness (QED) is 0.726. The molecule has 5 nitrogen and oxygen atoms in total. The minimum Gasteiger partial charge on any atom is -0.491 e. The van der Waals surface area contributed by atoms with Crippen LogP contribution in [0.5, 0.6) is 5.75 Å². The Labute approximate surface area is 123 Å². The molecule has 1 unspecified atom stereocenters. The van der Waals surface area contributed by atoms with Crippen molar-refractivity contribution in [3.8, 4) is 5.75 Å². The van der Waals surface area contributed by atoms with Crippen molar-refractivity contribution in [3.63, 3.8) is 0 Å². The van der Waals surface area contributed by atoms with Gasteiger partial charge in [-0.1, -0.05) is 17.7 Å². The molecule has 0 radical (unpaired) electrons. The fraction of sp³-hybridized carbons (Fsp3) is 0.357. The van der Waals surface area contributed by atoms with Crippen LogP contribution in [0.2, 0.25) is 5.02 Å². The second-order valence-corrected chi connectivity index (χ2v) is 4.83. The van der Waals surface area contributed by atoms with Gasteiger partial charge in [0.25, 0.3) is 0 Å². The molecule has 0 saturated heterocycles. The summed E-state index contributed by atoms with van der Waals surface area (Å²) >= 11 is 5.85. The van der Waals surface area contributed by atoms with Gasteiger partial charge in [0.05, 0.1) is 6.54 Å². The van der Waals surface area contributed by atoms with E-state index in [0.29, 0.717) is 17.3 Å². The van der Waals surface area contributed by atoms with Crippen molar-refractivity contribution < 1.29 is 9.84 Å². The van der Waals surface area contributed by atoms with E-state index < -0.39 is 6.10 Å². The molecule has 0 aliphatic heterocycles. The van der Waals surface area contributed by atoms with Crippen LogP contribution in [0, 0.1) is 0 Å². The van der Waals surface area contributed by atoms with Crippen LogP contribution < -0.4 is 10.1 Å². The third kappa shape index (κ3) is 5.21. The Morgan fingerprint density at radius 2 is 2.30 bits per heavy atom. The monoisotopic (exact) mass is 295 g/mol. The molecule has 2 N–H and O–H groups in total. The SMILES string of the molecule is OC(CNCCn1cccn1)COc1cccc(Cl)c1. The van der Waals surface area contributed by atoms with Crippen LogP contribution in [0.15, 0.2) is 42.7 Å². The van der Waals surface area contributed by atoms with Crippen molar-refractivity contribution in [1.82, 2.24) is 15.1 Å². The summed E-state index contributed by atoms with van der Waals surface area (Å²) in [6.07, 6.45) is 3.08. The normalized spacial score (nSPS) is 12.3. The maximum absolute atomic E-state index is 9.79. The first kappa shape index (κ1) is 14.8. The highest BCUT2D eigenvalue weighted by molar-refractivity contribution is 6.30. The Balaban J connectivity index is 1.59. The van der Waals surface area contributed by atoms with Crippen LogP contribution in [0.3, 0.4) is 0 Å². The van der Waals surface area contributed by atoms with Crippen LogP contribution in [-0.2, 0) is 6.54 Å². The molecule has 20 heavy (non-hydrogen) atoms. The summed E-state index contributed by atoms with van der Waals surface area (Å²) in [5, 5.41) is 17.7. The second-order valence-electron chi connectivity index (χ2n) is 4.40. The van der Waals surface area contributed by atoms with Crippen LogP contribution in [0.1, 0.15) is 0 Å². The van der Waals surface area contributed by atoms with Gasteiger partial charge < -0.3 is 15.2 Å². The van der Waals surface area contributed by atoms with Crippen LogP contribution in [0.25, 0.3) is 0 Å². The molecule has 1 aromatic carbocycles. The van der Waals surface area contributed by atoms with Gasteiger partial charge in [0, 0.05) is 30.5 Å². The smallest absolute Gasteiger partial charge is 0.120 e. The number of aliphatic hydroxyl groups excluding tert-OH is 1. The molecule has 0 aliphatic rings. The minimum atomic E-state index is -0.563. The van der Waals surface area contributed by atoms with Gasteiger partial charge in [-0.15, -0.1) is 0 Å². The molecule has 1 aromatic heterocycles. The Morgan fingerprint density at radius 1 is 1.40 bits per heavy atom. The van der Waals surface area contributed by atoms with Crippen molar-refractivity contribution in [2.75, 3.05) is 19.7 Å². The number of ether oxygens (including phenoxy) is 1. The first-order chi connectivity index (χ1) is 9.74. The number of aliphatic hydroxyl groups is 1. The maximum atomic E-state index is 9.79. The van der Waals surface area contributed by atoms with E-state index in [4.69, 9.17) is 16.3 Å². The molecule has 0 spiro atoms. The fourth-order valence-electron chi connectivity index (χ4n) is 1.70. The van der Waals surface area contributed by atoms with Crippen molar-refractivity contribution in [1.29, 1.82) is 0 Å². The van der Waals surface area contributed by atoms with Gasteiger partial charge in [-0.05, 0) is 24.3 Å². The van der Waals surface area contributed by atoms with E-state index >= 15 is 0 Å². The van der Waals surface area contributed by atoms with E-state index in [1.807, 2.05) is 29.1 Å². The van der Waals surface area contributed by atoms with Gasteiger partial charge in [0.15, 0.2) is 0 Å². The number of benzene rings is 1. The average Bonchev–Trinajstić information content (AvgIpc) is 2.95. The van der Waals surface area contributed by atoms with Gasteiger partial charge in [-0.2, -0.15) is 5.10 Å². The first-order valence-electron chi connectivity index (χ1n) is 6.48. The molecule has 1 atom stereocenters. The van der Waals surface area contributed by atoms with Gasteiger partial charge >= 0.3 is 0 Å².